The number of piperidine rings is 1. The largest absolute Gasteiger partial charge is 0.342 e. The first kappa shape index (κ1) is 19.4. The molecule has 8 heteroatoms. The van der Waals surface area contributed by atoms with Crippen LogP contribution in [-0.2, 0) is 11.2 Å². The molecule has 0 N–H and O–H groups in total. The first-order valence-electron chi connectivity index (χ1n) is 9.96. The predicted molar refractivity (Wildman–Crippen MR) is 114 cm³/mol. The number of carbonyl (C=O) groups excluding carboxylic acids is 1. The van der Waals surface area contributed by atoms with Gasteiger partial charge in [0.1, 0.15) is 5.03 Å². The van der Waals surface area contributed by atoms with Gasteiger partial charge < -0.3 is 4.90 Å². The first-order chi connectivity index (χ1) is 13.7. The highest BCUT2D eigenvalue weighted by atomic mass is 32.2. The first-order valence-corrected chi connectivity index (χ1v) is 11.7. The van der Waals surface area contributed by atoms with Gasteiger partial charge >= 0.3 is 0 Å². The van der Waals surface area contributed by atoms with Crippen LogP contribution >= 0.6 is 23.1 Å². The summed E-state index contributed by atoms with van der Waals surface area (Å²) in [5.41, 5.74) is 0.723. The molecule has 1 amide bonds. The van der Waals surface area contributed by atoms with Crippen molar-refractivity contribution in [2.75, 3.05) is 13.1 Å². The van der Waals surface area contributed by atoms with E-state index in [1.807, 2.05) is 17.0 Å². The molecule has 0 bridgehead atoms. The average Bonchev–Trinajstić information content (AvgIpc) is 3.38. The lowest BCUT2D eigenvalue weighted by Gasteiger charge is -2.29. The van der Waals surface area contributed by atoms with E-state index in [9.17, 15) is 4.79 Å². The molecule has 1 aliphatic rings. The van der Waals surface area contributed by atoms with Gasteiger partial charge in [-0.1, -0.05) is 25.6 Å². The fourth-order valence-corrected chi connectivity index (χ4v) is 5.35. The Bertz CT molecular complexity index is 961. The molecular formula is C20H25N5OS2. The van der Waals surface area contributed by atoms with Crippen LogP contribution in [0.3, 0.4) is 0 Å². The second-order valence-corrected chi connectivity index (χ2v) is 9.38. The molecule has 0 aromatic carbocycles. The van der Waals surface area contributed by atoms with Crippen molar-refractivity contribution in [1.29, 1.82) is 0 Å². The summed E-state index contributed by atoms with van der Waals surface area (Å²) in [5, 5.41) is 14.1. The summed E-state index contributed by atoms with van der Waals surface area (Å²) < 4.78 is 1.80. The van der Waals surface area contributed by atoms with Crippen LogP contribution in [0.5, 0.6) is 0 Å². The zero-order valence-electron chi connectivity index (χ0n) is 16.3. The molecule has 148 valence electrons. The molecule has 0 saturated carbocycles. The molecule has 0 radical (unpaired) electrons. The Kier molecular flexibility index (Phi) is 5.96. The Hall–Kier alpha value is -1.93. The van der Waals surface area contributed by atoms with Gasteiger partial charge in [-0.05, 0) is 56.4 Å². The van der Waals surface area contributed by atoms with Gasteiger partial charge in [0.05, 0.1) is 10.1 Å². The average molecular weight is 416 g/mol. The SMILES string of the molecule is CCc1ccc(-c2nnc3ccc(S[C@H](CC)C(=O)N4CCCCC4)nn23)s1. The van der Waals surface area contributed by atoms with Crippen molar-refractivity contribution in [2.45, 2.75) is 56.2 Å². The van der Waals surface area contributed by atoms with Gasteiger partial charge in [0, 0.05) is 18.0 Å². The third kappa shape index (κ3) is 3.93. The Morgan fingerprint density at radius 2 is 1.96 bits per heavy atom. The fourth-order valence-electron chi connectivity index (χ4n) is 3.45. The molecule has 1 saturated heterocycles. The summed E-state index contributed by atoms with van der Waals surface area (Å²) in [4.78, 5) is 17.3. The third-order valence-electron chi connectivity index (χ3n) is 5.05. The molecule has 1 atom stereocenters. The van der Waals surface area contributed by atoms with Crippen LogP contribution < -0.4 is 0 Å². The summed E-state index contributed by atoms with van der Waals surface area (Å²) in [6.45, 7) is 5.99. The zero-order valence-corrected chi connectivity index (χ0v) is 17.9. The summed E-state index contributed by atoms with van der Waals surface area (Å²) in [6, 6.07) is 8.08. The van der Waals surface area contributed by atoms with Crippen LogP contribution in [0.4, 0.5) is 0 Å². The maximum absolute atomic E-state index is 12.9. The number of fused-ring (bicyclic) bond motifs is 1. The maximum atomic E-state index is 12.9. The molecule has 4 heterocycles. The number of hydrogen-bond acceptors (Lipinski definition) is 6. The van der Waals surface area contributed by atoms with E-state index in [-0.39, 0.29) is 11.2 Å². The summed E-state index contributed by atoms with van der Waals surface area (Å²) in [5.74, 6) is 1.00. The Labute approximate surface area is 173 Å². The second kappa shape index (κ2) is 8.61. The molecule has 6 nitrogen and oxygen atoms in total. The molecule has 1 aliphatic heterocycles. The number of likely N-dealkylation sites (tertiary alicyclic amines) is 1. The predicted octanol–water partition coefficient (Wildman–Crippen LogP) is 4.30. The van der Waals surface area contributed by atoms with Crippen molar-refractivity contribution in [3.63, 3.8) is 0 Å². The minimum absolute atomic E-state index is 0.101. The number of aryl methyl sites for hydroxylation is 1. The molecule has 28 heavy (non-hydrogen) atoms. The normalized spacial score (nSPS) is 15.9. The molecule has 3 aromatic rings. The molecule has 0 aliphatic carbocycles. The van der Waals surface area contributed by atoms with E-state index < -0.39 is 0 Å². The van der Waals surface area contributed by atoms with Crippen LogP contribution in [-0.4, -0.2) is 49.0 Å². The van der Waals surface area contributed by atoms with Crippen LogP contribution in [0, 0.1) is 0 Å². The summed E-state index contributed by atoms with van der Waals surface area (Å²) in [7, 11) is 0. The van der Waals surface area contributed by atoms with Crippen LogP contribution in [0.1, 0.15) is 44.4 Å². The van der Waals surface area contributed by atoms with E-state index in [1.54, 1.807) is 27.6 Å². The van der Waals surface area contributed by atoms with Crippen molar-refractivity contribution in [2.24, 2.45) is 0 Å². The quantitative estimate of drug-likeness (QED) is 0.562. The van der Waals surface area contributed by atoms with Crippen molar-refractivity contribution >= 4 is 34.7 Å². The van der Waals surface area contributed by atoms with Crippen molar-refractivity contribution in [3.8, 4) is 10.7 Å². The maximum Gasteiger partial charge on any atom is 0.236 e. The molecule has 3 aromatic heterocycles. The Morgan fingerprint density at radius 3 is 2.68 bits per heavy atom. The Balaban J connectivity index is 1.58. The van der Waals surface area contributed by atoms with Crippen molar-refractivity contribution in [3.05, 3.63) is 29.1 Å². The van der Waals surface area contributed by atoms with Crippen molar-refractivity contribution in [1.82, 2.24) is 24.7 Å². The highest BCUT2D eigenvalue weighted by Crippen LogP contribution is 2.30. The van der Waals surface area contributed by atoms with E-state index in [0.29, 0.717) is 0 Å². The van der Waals surface area contributed by atoms with E-state index in [0.717, 1.165) is 60.1 Å². The number of thioether (sulfide) groups is 1. The number of thiophene rings is 1. The molecule has 1 fully saturated rings. The highest BCUT2D eigenvalue weighted by Gasteiger charge is 2.26. The van der Waals surface area contributed by atoms with Gasteiger partial charge in [0.15, 0.2) is 11.5 Å². The minimum Gasteiger partial charge on any atom is -0.342 e. The number of hydrogen-bond donors (Lipinski definition) is 0. The van der Waals surface area contributed by atoms with E-state index in [1.165, 1.54) is 11.3 Å². The van der Waals surface area contributed by atoms with Gasteiger partial charge in [0.25, 0.3) is 0 Å². The standard InChI is InChI=1S/C20H25N5OS2/c1-3-14-8-9-16(27-14)19-22-21-17-10-11-18(23-25(17)19)28-15(4-2)20(26)24-12-6-5-7-13-24/h8-11,15H,3-7,12-13H2,1-2H3/t15-/m1/s1. The van der Waals surface area contributed by atoms with Crippen LogP contribution in [0.25, 0.3) is 16.3 Å². The summed E-state index contributed by atoms with van der Waals surface area (Å²) >= 11 is 3.27. The lowest BCUT2D eigenvalue weighted by molar-refractivity contribution is -0.131. The van der Waals surface area contributed by atoms with Crippen LogP contribution in [0.15, 0.2) is 29.3 Å². The zero-order chi connectivity index (χ0) is 19.5. The Morgan fingerprint density at radius 1 is 1.14 bits per heavy atom. The van der Waals surface area contributed by atoms with Crippen molar-refractivity contribution < 1.29 is 4.79 Å². The minimum atomic E-state index is -0.101. The number of carbonyl (C=O) groups is 1. The fraction of sp³-hybridized carbons (Fsp3) is 0.500. The lowest BCUT2D eigenvalue weighted by atomic mass is 10.1. The van der Waals surface area contributed by atoms with E-state index in [4.69, 9.17) is 5.10 Å². The smallest absolute Gasteiger partial charge is 0.236 e. The van der Waals surface area contributed by atoms with Crippen LogP contribution in [0.2, 0.25) is 0 Å². The summed E-state index contributed by atoms with van der Waals surface area (Å²) in [6.07, 6.45) is 5.25. The van der Waals surface area contributed by atoms with E-state index in [2.05, 4.69) is 36.2 Å². The molecule has 0 unspecified atom stereocenters. The number of rotatable bonds is 6. The van der Waals surface area contributed by atoms with Gasteiger partial charge in [-0.15, -0.1) is 21.5 Å². The van der Waals surface area contributed by atoms with Gasteiger partial charge in [-0.25, -0.2) is 0 Å². The van der Waals surface area contributed by atoms with E-state index >= 15 is 0 Å². The molecule has 4 rings (SSSR count). The monoisotopic (exact) mass is 415 g/mol. The highest BCUT2D eigenvalue weighted by molar-refractivity contribution is 8.00. The number of nitrogens with zero attached hydrogens (tertiary/aromatic N) is 5. The van der Waals surface area contributed by atoms with Gasteiger partial charge in [0.2, 0.25) is 5.91 Å². The second-order valence-electron chi connectivity index (χ2n) is 6.99. The van der Waals surface area contributed by atoms with Gasteiger partial charge in [-0.2, -0.15) is 9.61 Å². The lowest BCUT2D eigenvalue weighted by Crippen LogP contribution is -2.40. The topological polar surface area (TPSA) is 63.4 Å². The molecular weight excluding hydrogens is 390 g/mol. The molecule has 0 spiro atoms. The third-order valence-corrected chi connectivity index (χ3v) is 7.55. The number of aromatic nitrogens is 4. The number of amides is 1. The van der Waals surface area contributed by atoms with Gasteiger partial charge in [-0.3, -0.25) is 4.79 Å².